The van der Waals surface area contributed by atoms with Crippen LogP contribution in [-0.2, 0) is 18.4 Å². The lowest BCUT2D eigenvalue weighted by molar-refractivity contribution is -0.870. The van der Waals surface area contributed by atoms with Crippen molar-refractivity contribution in [3.8, 4) is 0 Å². The molecule has 2 N–H and O–H groups in total. The van der Waals surface area contributed by atoms with E-state index < -0.39 is 20.0 Å². The second-order valence-corrected chi connectivity index (χ2v) is 17.8. The molecule has 3 atom stereocenters. The van der Waals surface area contributed by atoms with Crippen molar-refractivity contribution in [1.29, 1.82) is 0 Å². The van der Waals surface area contributed by atoms with E-state index in [0.29, 0.717) is 23.9 Å². The van der Waals surface area contributed by atoms with Gasteiger partial charge in [-0.3, -0.25) is 9.36 Å². The van der Waals surface area contributed by atoms with Gasteiger partial charge in [0.15, 0.2) is 0 Å². The Hall–Kier alpha value is -0.760. The summed E-state index contributed by atoms with van der Waals surface area (Å²) in [6.45, 7) is 4.70. The SMILES string of the molecule is CCCCCCCC/C=C\CCCCCC(=O)NC(COP(=O)([O-])OCC[N+](C)(C)C)C(O)CCCCCCCCCCCCCCCCCCC. The van der Waals surface area contributed by atoms with Crippen LogP contribution in [0.2, 0.25) is 0 Å². The molecule has 0 aromatic carbocycles. The molecule has 0 aliphatic carbocycles. The van der Waals surface area contributed by atoms with E-state index in [1.807, 2.05) is 21.1 Å². The van der Waals surface area contributed by atoms with Gasteiger partial charge in [0.1, 0.15) is 13.2 Å². The highest BCUT2D eigenvalue weighted by atomic mass is 31.2. The van der Waals surface area contributed by atoms with Crippen molar-refractivity contribution in [3.05, 3.63) is 12.2 Å². The van der Waals surface area contributed by atoms with Gasteiger partial charge in [0.05, 0.1) is 39.9 Å². The van der Waals surface area contributed by atoms with Crippen LogP contribution in [0.4, 0.5) is 0 Å². The van der Waals surface area contributed by atoms with Crippen LogP contribution in [0.1, 0.15) is 206 Å². The van der Waals surface area contributed by atoms with Gasteiger partial charge in [0.25, 0.3) is 7.82 Å². The summed E-state index contributed by atoms with van der Waals surface area (Å²) in [7, 11) is 1.30. The second-order valence-electron chi connectivity index (χ2n) is 16.4. The third-order valence-electron chi connectivity index (χ3n) is 10.0. The molecule has 0 aliphatic heterocycles. The maximum atomic E-state index is 12.8. The highest BCUT2D eigenvalue weighted by molar-refractivity contribution is 7.45. The molecule has 0 bridgehead atoms. The Kier molecular flexibility index (Phi) is 35.4. The molecule has 9 heteroatoms. The van der Waals surface area contributed by atoms with Crippen molar-refractivity contribution in [2.24, 2.45) is 0 Å². The monoisotopic (exact) mass is 759 g/mol. The van der Waals surface area contributed by atoms with Gasteiger partial charge in [-0.05, 0) is 38.5 Å². The van der Waals surface area contributed by atoms with Gasteiger partial charge in [-0.1, -0.05) is 174 Å². The third kappa shape index (κ3) is 37.6. The number of likely N-dealkylation sites (N-methyl/N-ethyl adjacent to an activating group) is 1. The fourth-order valence-corrected chi connectivity index (χ4v) is 7.17. The Morgan fingerprint density at radius 2 is 1.06 bits per heavy atom. The maximum absolute atomic E-state index is 12.8. The van der Waals surface area contributed by atoms with Gasteiger partial charge in [-0.25, -0.2) is 0 Å². The van der Waals surface area contributed by atoms with Crippen LogP contribution >= 0.6 is 7.82 Å². The molecule has 0 saturated carbocycles. The average Bonchev–Trinajstić information content (AvgIpc) is 3.09. The standard InChI is InChI=1S/C43H87N2O6P/c1-6-8-10-12-14-16-18-20-21-22-23-25-26-28-30-32-34-36-42(46)41(40-51-52(48,49)50-39-38-45(3,4)5)44-43(47)37-35-33-31-29-27-24-19-17-15-13-11-9-7-2/h24,27,41-42,46H,6-23,25-26,28-40H2,1-5H3,(H-,44,47,48,49)/b27-24-. The van der Waals surface area contributed by atoms with Crippen LogP contribution in [0.15, 0.2) is 12.2 Å². The number of hydrogen-bond acceptors (Lipinski definition) is 6. The second kappa shape index (κ2) is 35.9. The molecule has 1 amide bonds. The van der Waals surface area contributed by atoms with Crippen LogP contribution in [0.5, 0.6) is 0 Å². The van der Waals surface area contributed by atoms with Gasteiger partial charge in [-0.15, -0.1) is 0 Å². The number of allylic oxidation sites excluding steroid dienone is 2. The Morgan fingerprint density at radius 3 is 1.50 bits per heavy atom. The first-order valence-electron chi connectivity index (χ1n) is 22.0. The Labute approximate surface area is 322 Å². The summed E-state index contributed by atoms with van der Waals surface area (Å²) in [4.78, 5) is 25.3. The number of phosphoric acid groups is 1. The number of phosphoric ester groups is 1. The van der Waals surface area contributed by atoms with Crippen molar-refractivity contribution in [2.75, 3.05) is 40.9 Å². The lowest BCUT2D eigenvalue weighted by Crippen LogP contribution is -2.46. The predicted octanol–water partition coefficient (Wildman–Crippen LogP) is 11.3. The number of hydrogen-bond donors (Lipinski definition) is 2. The fourth-order valence-electron chi connectivity index (χ4n) is 6.45. The molecule has 52 heavy (non-hydrogen) atoms. The Bertz CT molecular complexity index is 865. The number of nitrogens with zero attached hydrogens (tertiary/aromatic N) is 1. The normalized spacial score (nSPS) is 14.5. The number of carbonyl (C=O) groups excluding carboxylic acids is 1. The molecule has 0 aliphatic rings. The van der Waals surface area contributed by atoms with E-state index in [1.165, 1.54) is 128 Å². The third-order valence-corrected chi connectivity index (χ3v) is 11.0. The number of rotatable bonds is 40. The summed E-state index contributed by atoms with van der Waals surface area (Å²) in [5.41, 5.74) is 0. The molecule has 0 fully saturated rings. The van der Waals surface area contributed by atoms with Gasteiger partial charge in [0, 0.05) is 6.42 Å². The van der Waals surface area contributed by atoms with E-state index in [0.717, 1.165) is 51.4 Å². The molecular weight excluding hydrogens is 671 g/mol. The maximum Gasteiger partial charge on any atom is 0.268 e. The van der Waals surface area contributed by atoms with Crippen molar-refractivity contribution >= 4 is 13.7 Å². The number of amides is 1. The number of carbonyl (C=O) groups is 1. The molecule has 0 heterocycles. The van der Waals surface area contributed by atoms with Crippen molar-refractivity contribution in [3.63, 3.8) is 0 Å². The molecule has 310 valence electrons. The molecule has 0 aromatic heterocycles. The van der Waals surface area contributed by atoms with E-state index in [9.17, 15) is 19.4 Å². The van der Waals surface area contributed by atoms with E-state index in [1.54, 1.807) is 0 Å². The minimum absolute atomic E-state index is 0.0113. The zero-order chi connectivity index (χ0) is 38.6. The largest absolute Gasteiger partial charge is 0.756 e. The number of unbranched alkanes of at least 4 members (excludes halogenated alkanes) is 25. The first kappa shape index (κ1) is 51.2. The van der Waals surface area contributed by atoms with E-state index in [4.69, 9.17) is 9.05 Å². The van der Waals surface area contributed by atoms with E-state index in [-0.39, 0.29) is 19.1 Å². The summed E-state index contributed by atoms with van der Waals surface area (Å²) in [5.74, 6) is -0.180. The number of nitrogens with one attached hydrogen (secondary N) is 1. The molecular formula is C43H87N2O6P. The van der Waals surface area contributed by atoms with Crippen LogP contribution < -0.4 is 10.2 Å². The van der Waals surface area contributed by atoms with Crippen molar-refractivity contribution in [1.82, 2.24) is 5.32 Å². The number of quaternary nitrogens is 1. The molecule has 0 rings (SSSR count). The molecule has 3 unspecified atom stereocenters. The van der Waals surface area contributed by atoms with E-state index >= 15 is 0 Å². The fraction of sp³-hybridized carbons (Fsp3) is 0.930. The zero-order valence-electron chi connectivity index (χ0n) is 35.0. The number of aliphatic hydroxyl groups excluding tert-OH is 1. The molecule has 0 saturated heterocycles. The Balaban J connectivity index is 4.37. The molecule has 0 radical (unpaired) electrons. The average molecular weight is 759 g/mol. The predicted molar refractivity (Wildman–Crippen MR) is 219 cm³/mol. The zero-order valence-corrected chi connectivity index (χ0v) is 35.9. The summed E-state index contributed by atoms with van der Waals surface area (Å²) in [5, 5.41) is 13.9. The molecule has 0 spiro atoms. The smallest absolute Gasteiger partial charge is 0.268 e. The first-order valence-corrected chi connectivity index (χ1v) is 23.5. The van der Waals surface area contributed by atoms with Crippen LogP contribution in [0, 0.1) is 0 Å². The van der Waals surface area contributed by atoms with E-state index in [2.05, 4.69) is 31.3 Å². The quantitative estimate of drug-likeness (QED) is 0.0279. The Morgan fingerprint density at radius 1 is 0.654 bits per heavy atom. The minimum Gasteiger partial charge on any atom is -0.756 e. The first-order chi connectivity index (χ1) is 25.0. The number of aliphatic hydroxyl groups is 1. The summed E-state index contributed by atoms with van der Waals surface area (Å²) in [6, 6.07) is -0.803. The minimum atomic E-state index is -4.56. The van der Waals surface area contributed by atoms with Crippen molar-refractivity contribution in [2.45, 2.75) is 219 Å². The topological polar surface area (TPSA) is 108 Å². The summed E-state index contributed by atoms with van der Waals surface area (Å²) < 4.78 is 23.2. The van der Waals surface area contributed by atoms with Crippen LogP contribution in [-0.4, -0.2) is 68.5 Å². The van der Waals surface area contributed by atoms with Gasteiger partial charge in [0.2, 0.25) is 5.91 Å². The van der Waals surface area contributed by atoms with Gasteiger partial charge >= 0.3 is 0 Å². The van der Waals surface area contributed by atoms with Gasteiger partial charge in [-0.2, -0.15) is 0 Å². The highest BCUT2D eigenvalue weighted by Gasteiger charge is 2.24. The molecule has 8 nitrogen and oxygen atoms in total. The highest BCUT2D eigenvalue weighted by Crippen LogP contribution is 2.38. The molecule has 0 aromatic rings. The summed E-state index contributed by atoms with van der Waals surface area (Å²) >= 11 is 0. The summed E-state index contributed by atoms with van der Waals surface area (Å²) in [6.07, 6.45) is 39.2. The van der Waals surface area contributed by atoms with Crippen molar-refractivity contribution < 1.29 is 32.9 Å². The van der Waals surface area contributed by atoms with Gasteiger partial charge < -0.3 is 28.8 Å². The van der Waals surface area contributed by atoms with Crippen LogP contribution in [0.3, 0.4) is 0 Å². The lowest BCUT2D eigenvalue weighted by Gasteiger charge is -2.30. The lowest BCUT2D eigenvalue weighted by atomic mass is 10.0. The van der Waals surface area contributed by atoms with Crippen LogP contribution in [0.25, 0.3) is 0 Å².